The molecular formula is C20H23NO5. The Morgan fingerprint density at radius 2 is 2.04 bits per heavy atom. The van der Waals surface area contributed by atoms with Crippen LogP contribution in [0.15, 0.2) is 42.5 Å². The third-order valence-electron chi connectivity index (χ3n) is 4.07. The van der Waals surface area contributed by atoms with Gasteiger partial charge < -0.3 is 24.6 Å². The van der Waals surface area contributed by atoms with Crippen molar-refractivity contribution in [1.82, 2.24) is 0 Å². The SMILES string of the molecule is CCc1cccc(OCC(=O)Nc2cc(C3OCCCO3)ccc2O)c1. The second-order valence-corrected chi connectivity index (χ2v) is 6.04. The summed E-state index contributed by atoms with van der Waals surface area (Å²) in [5, 5.41) is 12.7. The standard InChI is InChI=1S/C20H23NO5/c1-2-14-5-3-6-16(11-14)26-13-19(23)21-17-12-15(7-8-18(17)22)20-24-9-4-10-25-20/h3,5-8,11-12,20,22H,2,4,9-10,13H2,1H3,(H,21,23). The third-order valence-corrected chi connectivity index (χ3v) is 4.07. The highest BCUT2D eigenvalue weighted by atomic mass is 16.7. The summed E-state index contributed by atoms with van der Waals surface area (Å²) in [4.78, 5) is 12.2. The summed E-state index contributed by atoms with van der Waals surface area (Å²) in [6.45, 7) is 3.16. The molecule has 0 aliphatic carbocycles. The van der Waals surface area contributed by atoms with Crippen molar-refractivity contribution in [3.05, 3.63) is 53.6 Å². The zero-order valence-corrected chi connectivity index (χ0v) is 14.7. The summed E-state index contributed by atoms with van der Waals surface area (Å²) in [6, 6.07) is 12.5. The normalized spacial score (nSPS) is 14.8. The number of carbonyl (C=O) groups excluding carboxylic acids is 1. The first-order valence-electron chi connectivity index (χ1n) is 8.73. The molecule has 0 atom stereocenters. The molecule has 0 radical (unpaired) electrons. The van der Waals surface area contributed by atoms with Gasteiger partial charge in [-0.1, -0.05) is 25.1 Å². The second-order valence-electron chi connectivity index (χ2n) is 6.04. The minimum Gasteiger partial charge on any atom is -0.506 e. The Bertz CT molecular complexity index is 756. The Balaban J connectivity index is 1.61. The van der Waals surface area contributed by atoms with Crippen molar-refractivity contribution in [2.75, 3.05) is 25.1 Å². The second kappa shape index (κ2) is 8.69. The van der Waals surface area contributed by atoms with Gasteiger partial charge in [0.15, 0.2) is 12.9 Å². The van der Waals surface area contributed by atoms with E-state index in [1.165, 1.54) is 6.07 Å². The van der Waals surface area contributed by atoms with Gasteiger partial charge in [-0.15, -0.1) is 0 Å². The molecule has 0 unspecified atom stereocenters. The molecule has 0 bridgehead atoms. The van der Waals surface area contributed by atoms with E-state index in [1.807, 2.05) is 24.3 Å². The van der Waals surface area contributed by atoms with E-state index in [9.17, 15) is 9.90 Å². The molecule has 2 aromatic carbocycles. The highest BCUT2D eigenvalue weighted by Gasteiger charge is 2.18. The molecule has 1 heterocycles. The molecule has 138 valence electrons. The molecule has 0 saturated carbocycles. The molecule has 6 nitrogen and oxygen atoms in total. The van der Waals surface area contributed by atoms with Crippen molar-refractivity contribution < 1.29 is 24.1 Å². The number of nitrogens with one attached hydrogen (secondary N) is 1. The summed E-state index contributed by atoms with van der Waals surface area (Å²) < 4.78 is 16.6. The average Bonchev–Trinajstić information content (AvgIpc) is 2.69. The van der Waals surface area contributed by atoms with Gasteiger partial charge in [0, 0.05) is 5.56 Å². The number of phenolic OH excluding ortho intramolecular Hbond substituents is 1. The number of ether oxygens (including phenoxy) is 3. The van der Waals surface area contributed by atoms with E-state index in [1.54, 1.807) is 12.1 Å². The molecule has 1 aliphatic heterocycles. The molecular weight excluding hydrogens is 334 g/mol. The van der Waals surface area contributed by atoms with Crippen LogP contribution in [-0.4, -0.2) is 30.8 Å². The zero-order valence-electron chi connectivity index (χ0n) is 14.7. The fraction of sp³-hybridized carbons (Fsp3) is 0.350. The van der Waals surface area contributed by atoms with Crippen LogP contribution in [-0.2, 0) is 20.7 Å². The fourth-order valence-corrected chi connectivity index (χ4v) is 2.67. The average molecular weight is 357 g/mol. The first kappa shape index (κ1) is 18.2. The van der Waals surface area contributed by atoms with Crippen LogP contribution >= 0.6 is 0 Å². The minimum absolute atomic E-state index is 0.0223. The third kappa shape index (κ3) is 4.74. The molecule has 1 saturated heterocycles. The van der Waals surface area contributed by atoms with Gasteiger partial charge in [0.2, 0.25) is 0 Å². The zero-order chi connectivity index (χ0) is 18.4. The topological polar surface area (TPSA) is 77.0 Å². The predicted molar refractivity (Wildman–Crippen MR) is 97.3 cm³/mol. The van der Waals surface area contributed by atoms with Gasteiger partial charge in [0.25, 0.3) is 5.91 Å². The van der Waals surface area contributed by atoms with Crippen LogP contribution in [0.1, 0.15) is 30.8 Å². The van der Waals surface area contributed by atoms with Gasteiger partial charge in [-0.05, 0) is 42.7 Å². The largest absolute Gasteiger partial charge is 0.506 e. The molecule has 0 spiro atoms. The Kier molecular flexibility index (Phi) is 6.09. The van der Waals surface area contributed by atoms with Crippen molar-refractivity contribution >= 4 is 11.6 Å². The highest BCUT2D eigenvalue weighted by molar-refractivity contribution is 5.93. The molecule has 1 fully saturated rings. The molecule has 6 heteroatoms. The molecule has 0 aromatic heterocycles. The van der Waals surface area contributed by atoms with Gasteiger partial charge in [-0.2, -0.15) is 0 Å². The van der Waals surface area contributed by atoms with E-state index >= 15 is 0 Å². The van der Waals surface area contributed by atoms with Crippen molar-refractivity contribution in [2.45, 2.75) is 26.1 Å². The summed E-state index contributed by atoms with van der Waals surface area (Å²) in [5.74, 6) is 0.261. The maximum Gasteiger partial charge on any atom is 0.262 e. The molecule has 2 aromatic rings. The minimum atomic E-state index is -0.479. The number of hydrogen-bond acceptors (Lipinski definition) is 5. The summed E-state index contributed by atoms with van der Waals surface area (Å²) in [7, 11) is 0. The predicted octanol–water partition coefficient (Wildman–Crippen LogP) is 3.41. The van der Waals surface area contributed by atoms with Gasteiger partial charge >= 0.3 is 0 Å². The van der Waals surface area contributed by atoms with E-state index in [-0.39, 0.29) is 18.3 Å². The van der Waals surface area contributed by atoms with E-state index in [0.29, 0.717) is 24.7 Å². The van der Waals surface area contributed by atoms with Crippen LogP contribution in [0.5, 0.6) is 11.5 Å². The summed E-state index contributed by atoms with van der Waals surface area (Å²) in [5.41, 5.74) is 2.19. The summed E-state index contributed by atoms with van der Waals surface area (Å²) >= 11 is 0. The molecule has 1 amide bonds. The maximum atomic E-state index is 12.2. The Hall–Kier alpha value is -2.57. The number of amides is 1. The van der Waals surface area contributed by atoms with E-state index in [0.717, 1.165) is 24.0 Å². The Labute approximate surface area is 152 Å². The lowest BCUT2D eigenvalue weighted by atomic mass is 10.1. The first-order valence-corrected chi connectivity index (χ1v) is 8.73. The first-order chi connectivity index (χ1) is 12.7. The number of benzene rings is 2. The Morgan fingerprint density at radius 3 is 2.81 bits per heavy atom. The molecule has 26 heavy (non-hydrogen) atoms. The van der Waals surface area contributed by atoms with Gasteiger partial charge in [-0.3, -0.25) is 4.79 Å². The van der Waals surface area contributed by atoms with Crippen LogP contribution in [0, 0.1) is 0 Å². The quantitative estimate of drug-likeness (QED) is 0.775. The number of aryl methyl sites for hydroxylation is 1. The molecule has 3 rings (SSSR count). The van der Waals surface area contributed by atoms with Crippen LogP contribution < -0.4 is 10.1 Å². The lowest BCUT2D eigenvalue weighted by molar-refractivity contribution is -0.183. The van der Waals surface area contributed by atoms with Gasteiger partial charge in [0.1, 0.15) is 11.5 Å². The van der Waals surface area contributed by atoms with Gasteiger partial charge in [-0.25, -0.2) is 0 Å². The number of phenols is 1. The van der Waals surface area contributed by atoms with Crippen molar-refractivity contribution in [2.24, 2.45) is 0 Å². The lowest BCUT2D eigenvalue weighted by Gasteiger charge is -2.24. The maximum absolute atomic E-state index is 12.2. The Morgan fingerprint density at radius 1 is 1.23 bits per heavy atom. The summed E-state index contributed by atoms with van der Waals surface area (Å²) in [6.07, 6.45) is 1.28. The highest BCUT2D eigenvalue weighted by Crippen LogP contribution is 2.30. The smallest absolute Gasteiger partial charge is 0.262 e. The number of anilines is 1. The van der Waals surface area contributed by atoms with Crippen molar-refractivity contribution in [3.63, 3.8) is 0 Å². The van der Waals surface area contributed by atoms with E-state index in [2.05, 4.69) is 12.2 Å². The van der Waals surface area contributed by atoms with Crippen LogP contribution in [0.3, 0.4) is 0 Å². The van der Waals surface area contributed by atoms with Crippen molar-refractivity contribution in [1.29, 1.82) is 0 Å². The van der Waals surface area contributed by atoms with E-state index in [4.69, 9.17) is 14.2 Å². The number of carbonyl (C=O) groups is 1. The fourth-order valence-electron chi connectivity index (χ4n) is 2.67. The van der Waals surface area contributed by atoms with Crippen LogP contribution in [0.2, 0.25) is 0 Å². The van der Waals surface area contributed by atoms with E-state index < -0.39 is 6.29 Å². The van der Waals surface area contributed by atoms with Crippen LogP contribution in [0.25, 0.3) is 0 Å². The number of hydrogen-bond donors (Lipinski definition) is 2. The molecule has 2 N–H and O–H groups in total. The molecule has 1 aliphatic rings. The lowest BCUT2D eigenvalue weighted by Crippen LogP contribution is -2.21. The number of rotatable bonds is 6. The monoisotopic (exact) mass is 357 g/mol. The van der Waals surface area contributed by atoms with Gasteiger partial charge in [0.05, 0.1) is 18.9 Å². The number of aromatic hydroxyl groups is 1. The van der Waals surface area contributed by atoms with Crippen LogP contribution in [0.4, 0.5) is 5.69 Å². The van der Waals surface area contributed by atoms with Crippen molar-refractivity contribution in [3.8, 4) is 11.5 Å².